The van der Waals surface area contributed by atoms with Gasteiger partial charge in [-0.1, -0.05) is 30.3 Å². The minimum Gasteiger partial charge on any atom is -0.321 e. The van der Waals surface area contributed by atoms with Crippen molar-refractivity contribution in [1.29, 1.82) is 0 Å². The molecule has 1 aromatic rings. The molecule has 2 heterocycles. The molecule has 21 heavy (non-hydrogen) atoms. The lowest BCUT2D eigenvalue weighted by Gasteiger charge is -2.21. The number of carbonyl (C=O) groups is 2. The first kappa shape index (κ1) is 15.1. The second kappa shape index (κ2) is 6.43. The molecule has 0 bridgehead atoms. The first-order valence-electron chi connectivity index (χ1n) is 6.94. The zero-order chi connectivity index (χ0) is 15.4. The highest BCUT2D eigenvalue weighted by Gasteiger charge is 2.32. The molecule has 1 N–H and O–H groups in total. The average Bonchev–Trinajstić information content (AvgIpc) is 2.77. The largest absolute Gasteiger partial charge is 0.321 e. The number of nitrogens with zero attached hydrogens (tertiary/aromatic N) is 4. The van der Waals surface area contributed by atoms with Gasteiger partial charge in [0.25, 0.3) is 5.91 Å². The molecule has 0 aliphatic carbocycles. The summed E-state index contributed by atoms with van der Waals surface area (Å²) in [6.07, 6.45) is 0.0278. The fraction of sp³-hybridized carbons (Fsp3) is 0.500. The number of nitrogens with one attached hydrogen (secondary N) is 1. The minimum atomic E-state index is -0.835. The van der Waals surface area contributed by atoms with Crippen LogP contribution in [0.15, 0.2) is 28.5 Å². The van der Waals surface area contributed by atoms with Crippen molar-refractivity contribution in [1.82, 2.24) is 15.3 Å². The Morgan fingerprint density at radius 1 is 1.43 bits per heavy atom. The Bertz CT molecular complexity index is 570. The molecule has 0 saturated carbocycles. The normalized spacial score (nSPS) is 17.6. The number of hydrogen-bond acceptors (Lipinski definition) is 5. The highest BCUT2D eigenvalue weighted by molar-refractivity contribution is 5.96. The molecular formula is C14H19N5O2. The van der Waals surface area contributed by atoms with Crippen molar-refractivity contribution in [3.05, 3.63) is 29.6 Å². The summed E-state index contributed by atoms with van der Waals surface area (Å²) in [6.45, 7) is 6.54. The van der Waals surface area contributed by atoms with Crippen molar-refractivity contribution in [3.63, 3.8) is 0 Å². The minimum absolute atomic E-state index is 0.276. The van der Waals surface area contributed by atoms with Crippen LogP contribution >= 0.6 is 0 Å². The predicted molar refractivity (Wildman–Crippen MR) is 76.3 cm³/mol. The van der Waals surface area contributed by atoms with Crippen LogP contribution in [0.4, 0.5) is 0 Å². The van der Waals surface area contributed by atoms with Crippen molar-refractivity contribution in [2.24, 2.45) is 16.3 Å². The van der Waals surface area contributed by atoms with Crippen molar-refractivity contribution >= 4 is 11.8 Å². The number of hydrogen-bond donors (Lipinski definition) is 1. The number of aromatic nitrogens is 1. The third-order valence-corrected chi connectivity index (χ3v) is 3.11. The number of rotatable bonds is 5. The molecule has 1 atom stereocenters. The highest BCUT2D eigenvalue weighted by Crippen LogP contribution is 2.13. The molecular weight excluding hydrogens is 270 g/mol. The maximum Gasteiger partial charge on any atom is 0.310 e. The van der Waals surface area contributed by atoms with Crippen LogP contribution in [0.3, 0.4) is 0 Å². The monoisotopic (exact) mass is 289 g/mol. The quantitative estimate of drug-likeness (QED) is 0.893. The molecule has 2 rings (SSSR count). The third kappa shape index (κ3) is 3.84. The molecule has 0 radical (unpaired) electrons. The molecule has 1 unspecified atom stereocenters. The molecule has 7 nitrogen and oxygen atoms in total. The highest BCUT2D eigenvalue weighted by atomic mass is 16.2. The second-order valence-electron chi connectivity index (χ2n) is 5.41. The molecule has 0 spiro atoms. The Balaban J connectivity index is 2.02. The van der Waals surface area contributed by atoms with Gasteiger partial charge in [0.15, 0.2) is 0 Å². The molecule has 112 valence electrons. The molecule has 7 heteroatoms. The Kier molecular flexibility index (Phi) is 4.62. The van der Waals surface area contributed by atoms with Crippen LogP contribution in [0.1, 0.15) is 36.5 Å². The lowest BCUT2D eigenvalue weighted by molar-refractivity contribution is -0.121. The van der Waals surface area contributed by atoms with Gasteiger partial charge in [-0.3, -0.25) is 9.59 Å². The Morgan fingerprint density at radius 3 is 2.86 bits per heavy atom. The summed E-state index contributed by atoms with van der Waals surface area (Å²) < 4.78 is 0. The van der Waals surface area contributed by atoms with E-state index >= 15 is 0 Å². The molecule has 0 fully saturated rings. The predicted octanol–water partition coefficient (Wildman–Crippen LogP) is 1.70. The third-order valence-electron chi connectivity index (χ3n) is 3.11. The molecule has 0 aromatic carbocycles. The Morgan fingerprint density at radius 2 is 2.19 bits per heavy atom. The zero-order valence-electron chi connectivity index (χ0n) is 12.4. The summed E-state index contributed by atoms with van der Waals surface area (Å²) in [4.78, 5) is 28.0. The standard InChI is InChI=1S/C14H19N5O2/c1-9(2)7-8-19-12(14(21)17-18-19)16-13(20)11-6-4-5-10(3)15-11/h4-6,9,12H,7-8H2,1-3H3,(H,16,20). The fourth-order valence-electron chi connectivity index (χ4n) is 1.90. The van der Waals surface area contributed by atoms with Crippen LogP contribution in [0.5, 0.6) is 0 Å². The van der Waals surface area contributed by atoms with E-state index in [1.54, 1.807) is 25.1 Å². The fourth-order valence-corrected chi connectivity index (χ4v) is 1.90. The van der Waals surface area contributed by atoms with E-state index < -0.39 is 18.0 Å². The maximum atomic E-state index is 12.1. The van der Waals surface area contributed by atoms with Gasteiger partial charge in [-0.2, -0.15) is 0 Å². The topological polar surface area (TPSA) is 87.0 Å². The number of aryl methyl sites for hydroxylation is 1. The lowest BCUT2D eigenvalue weighted by atomic mass is 10.1. The van der Waals surface area contributed by atoms with Gasteiger partial charge in [-0.15, -0.1) is 0 Å². The van der Waals surface area contributed by atoms with Crippen LogP contribution in [-0.4, -0.2) is 34.5 Å². The van der Waals surface area contributed by atoms with E-state index in [0.29, 0.717) is 12.5 Å². The lowest BCUT2D eigenvalue weighted by Crippen LogP contribution is -2.48. The van der Waals surface area contributed by atoms with Crippen LogP contribution < -0.4 is 5.32 Å². The van der Waals surface area contributed by atoms with Gasteiger partial charge in [0.1, 0.15) is 5.69 Å². The van der Waals surface area contributed by atoms with E-state index in [2.05, 4.69) is 34.5 Å². The van der Waals surface area contributed by atoms with E-state index in [1.807, 2.05) is 0 Å². The van der Waals surface area contributed by atoms with Crippen molar-refractivity contribution < 1.29 is 9.59 Å². The SMILES string of the molecule is Cc1cccc(C(=O)NC2C(=O)N=NN2CCC(C)C)n1. The second-order valence-corrected chi connectivity index (χ2v) is 5.41. The van der Waals surface area contributed by atoms with Crippen molar-refractivity contribution in [3.8, 4) is 0 Å². The van der Waals surface area contributed by atoms with Gasteiger partial charge < -0.3 is 5.32 Å². The van der Waals surface area contributed by atoms with E-state index in [9.17, 15) is 9.59 Å². The first-order chi connectivity index (χ1) is 9.97. The van der Waals surface area contributed by atoms with Crippen LogP contribution in [0.25, 0.3) is 0 Å². The van der Waals surface area contributed by atoms with Crippen LogP contribution in [0.2, 0.25) is 0 Å². The molecule has 1 aliphatic rings. The molecule has 1 aromatic heterocycles. The number of pyridine rings is 1. The van der Waals surface area contributed by atoms with Crippen molar-refractivity contribution in [2.45, 2.75) is 33.4 Å². The van der Waals surface area contributed by atoms with E-state index in [4.69, 9.17) is 0 Å². The van der Waals surface area contributed by atoms with E-state index in [1.165, 1.54) is 5.01 Å². The zero-order valence-corrected chi connectivity index (χ0v) is 12.4. The number of amides is 2. The van der Waals surface area contributed by atoms with Gasteiger partial charge in [0.05, 0.1) is 0 Å². The smallest absolute Gasteiger partial charge is 0.310 e. The van der Waals surface area contributed by atoms with Gasteiger partial charge in [-0.25, -0.2) is 9.99 Å². The molecule has 2 amide bonds. The summed E-state index contributed by atoms with van der Waals surface area (Å²) >= 11 is 0. The van der Waals surface area contributed by atoms with Gasteiger partial charge >= 0.3 is 5.91 Å². The van der Waals surface area contributed by atoms with Crippen LogP contribution in [-0.2, 0) is 4.79 Å². The summed E-state index contributed by atoms with van der Waals surface area (Å²) in [6, 6.07) is 5.16. The first-order valence-corrected chi connectivity index (χ1v) is 6.94. The number of carbonyl (C=O) groups excluding carboxylic acids is 2. The van der Waals surface area contributed by atoms with Gasteiger partial charge in [0, 0.05) is 12.2 Å². The summed E-state index contributed by atoms with van der Waals surface area (Å²) in [7, 11) is 0. The van der Waals surface area contributed by atoms with E-state index in [-0.39, 0.29) is 5.69 Å². The van der Waals surface area contributed by atoms with E-state index in [0.717, 1.165) is 12.1 Å². The van der Waals surface area contributed by atoms with Gasteiger partial charge in [-0.05, 0) is 31.4 Å². The molecule has 0 saturated heterocycles. The van der Waals surface area contributed by atoms with Crippen LogP contribution in [0, 0.1) is 12.8 Å². The summed E-state index contributed by atoms with van der Waals surface area (Å²) in [5, 5.41) is 11.5. The van der Waals surface area contributed by atoms with Gasteiger partial charge in [0.2, 0.25) is 6.17 Å². The Hall–Kier alpha value is -2.31. The summed E-state index contributed by atoms with van der Waals surface area (Å²) in [5.41, 5.74) is 1.02. The van der Waals surface area contributed by atoms with Crippen molar-refractivity contribution in [2.75, 3.05) is 6.54 Å². The average molecular weight is 289 g/mol. The maximum absolute atomic E-state index is 12.1. The Labute approximate surface area is 123 Å². The summed E-state index contributed by atoms with van der Waals surface area (Å²) in [5.74, 6) is -0.385. The molecule has 1 aliphatic heterocycles.